The van der Waals surface area contributed by atoms with E-state index >= 15 is 0 Å². The van der Waals surface area contributed by atoms with Crippen molar-refractivity contribution < 1.29 is 16.8 Å². The van der Waals surface area contributed by atoms with Crippen LogP contribution in [0.4, 0.5) is 0 Å². The summed E-state index contributed by atoms with van der Waals surface area (Å²) in [5.41, 5.74) is 0.967. The summed E-state index contributed by atoms with van der Waals surface area (Å²) in [6, 6.07) is 7.40. The second kappa shape index (κ2) is 8.49. The lowest BCUT2D eigenvalue weighted by atomic mass is 9.94. The van der Waals surface area contributed by atoms with Gasteiger partial charge in [-0.25, -0.2) is 26.8 Å². The standard InChI is InChI=1S/C20H27N3O4S2/c1-4-28(24,25)17-5-7-18(8-6-17)29(26,27)23-13-10-16(11-14-23)19-9-12-21-20(22-19)15(2)3/h5-9,12,15-16H,4,10-11,13-14H2,1-3H3. The van der Waals surface area contributed by atoms with E-state index in [-0.39, 0.29) is 27.4 Å². The van der Waals surface area contributed by atoms with Gasteiger partial charge in [0.15, 0.2) is 9.84 Å². The number of hydrogen-bond donors (Lipinski definition) is 0. The SMILES string of the molecule is CCS(=O)(=O)c1ccc(S(=O)(=O)N2CCC(c3ccnc(C(C)C)n3)CC2)cc1. The van der Waals surface area contributed by atoms with Crippen LogP contribution >= 0.6 is 0 Å². The van der Waals surface area contributed by atoms with E-state index in [4.69, 9.17) is 0 Å². The van der Waals surface area contributed by atoms with Gasteiger partial charge in [0.1, 0.15) is 5.82 Å². The van der Waals surface area contributed by atoms with Gasteiger partial charge in [0.05, 0.1) is 15.5 Å². The van der Waals surface area contributed by atoms with E-state index in [0.717, 1.165) is 11.5 Å². The van der Waals surface area contributed by atoms with Crippen molar-refractivity contribution in [3.8, 4) is 0 Å². The largest absolute Gasteiger partial charge is 0.243 e. The molecule has 1 aliphatic rings. The average Bonchev–Trinajstić information content (AvgIpc) is 2.74. The Bertz CT molecular complexity index is 1060. The van der Waals surface area contributed by atoms with Crippen molar-refractivity contribution in [1.82, 2.24) is 14.3 Å². The number of nitrogens with zero attached hydrogens (tertiary/aromatic N) is 3. The lowest BCUT2D eigenvalue weighted by Gasteiger charge is -2.31. The molecule has 2 heterocycles. The molecule has 1 aromatic heterocycles. The van der Waals surface area contributed by atoms with Crippen LogP contribution in [0.5, 0.6) is 0 Å². The zero-order valence-corrected chi connectivity index (χ0v) is 18.6. The van der Waals surface area contributed by atoms with E-state index in [1.165, 1.54) is 28.6 Å². The van der Waals surface area contributed by atoms with Crippen LogP contribution in [0, 0.1) is 0 Å². The molecule has 1 aliphatic heterocycles. The van der Waals surface area contributed by atoms with Crippen LogP contribution in [0.25, 0.3) is 0 Å². The number of hydrogen-bond acceptors (Lipinski definition) is 6. The topological polar surface area (TPSA) is 97.3 Å². The number of sulfonamides is 1. The molecule has 1 aromatic carbocycles. The van der Waals surface area contributed by atoms with Crippen molar-refractivity contribution in [2.24, 2.45) is 0 Å². The van der Waals surface area contributed by atoms with Gasteiger partial charge in [-0.3, -0.25) is 0 Å². The first-order chi connectivity index (χ1) is 13.6. The van der Waals surface area contributed by atoms with Crippen LogP contribution in [0.2, 0.25) is 0 Å². The van der Waals surface area contributed by atoms with Crippen LogP contribution in [0.1, 0.15) is 57.0 Å². The molecule has 1 fully saturated rings. The molecule has 158 valence electrons. The van der Waals surface area contributed by atoms with Gasteiger partial charge in [0.2, 0.25) is 10.0 Å². The van der Waals surface area contributed by atoms with Gasteiger partial charge >= 0.3 is 0 Å². The van der Waals surface area contributed by atoms with Crippen LogP contribution in [0.3, 0.4) is 0 Å². The van der Waals surface area contributed by atoms with Gasteiger partial charge in [0.25, 0.3) is 0 Å². The molecular weight excluding hydrogens is 410 g/mol. The summed E-state index contributed by atoms with van der Waals surface area (Å²) in [4.78, 5) is 9.21. The Hall–Kier alpha value is -1.84. The van der Waals surface area contributed by atoms with Gasteiger partial charge in [0, 0.05) is 36.8 Å². The van der Waals surface area contributed by atoms with E-state index < -0.39 is 19.9 Å². The minimum absolute atomic E-state index is 0.0197. The van der Waals surface area contributed by atoms with E-state index in [0.29, 0.717) is 25.9 Å². The first-order valence-electron chi connectivity index (χ1n) is 9.81. The minimum atomic E-state index is -3.65. The highest BCUT2D eigenvalue weighted by atomic mass is 32.2. The number of benzene rings is 1. The second-order valence-corrected chi connectivity index (χ2v) is 11.8. The van der Waals surface area contributed by atoms with Crippen molar-refractivity contribution in [1.29, 1.82) is 0 Å². The monoisotopic (exact) mass is 437 g/mol. The summed E-state index contributed by atoms with van der Waals surface area (Å²) >= 11 is 0. The highest BCUT2D eigenvalue weighted by Crippen LogP contribution is 2.30. The van der Waals surface area contributed by atoms with Crippen LogP contribution in [-0.4, -0.2) is 50.0 Å². The van der Waals surface area contributed by atoms with E-state index in [1.807, 2.05) is 19.9 Å². The molecule has 2 aromatic rings. The van der Waals surface area contributed by atoms with Crippen molar-refractivity contribution in [3.63, 3.8) is 0 Å². The smallest absolute Gasteiger partial charge is 0.241 e. The summed E-state index contributed by atoms with van der Waals surface area (Å²) in [5.74, 6) is 1.24. The quantitative estimate of drug-likeness (QED) is 0.689. The Balaban J connectivity index is 1.72. The lowest BCUT2D eigenvalue weighted by molar-refractivity contribution is 0.316. The first kappa shape index (κ1) is 21.9. The summed E-state index contributed by atoms with van der Waals surface area (Å²) in [6.45, 7) is 6.47. The lowest BCUT2D eigenvalue weighted by Crippen LogP contribution is -2.38. The molecule has 0 atom stereocenters. The van der Waals surface area contributed by atoms with E-state index in [2.05, 4.69) is 9.97 Å². The molecule has 0 saturated carbocycles. The number of piperidine rings is 1. The molecule has 0 bridgehead atoms. The fourth-order valence-corrected chi connectivity index (χ4v) is 5.77. The Morgan fingerprint density at radius 3 is 2.14 bits per heavy atom. The third-order valence-electron chi connectivity index (χ3n) is 5.29. The summed E-state index contributed by atoms with van der Waals surface area (Å²) in [7, 11) is -7.01. The highest BCUT2D eigenvalue weighted by molar-refractivity contribution is 7.91. The van der Waals surface area contributed by atoms with Crippen molar-refractivity contribution in [2.75, 3.05) is 18.8 Å². The Labute approximate surface area is 173 Å². The Morgan fingerprint density at radius 1 is 1.00 bits per heavy atom. The molecule has 0 unspecified atom stereocenters. The molecule has 1 saturated heterocycles. The molecular formula is C20H27N3O4S2. The predicted octanol–water partition coefficient (Wildman–Crippen LogP) is 2.96. The predicted molar refractivity (Wildman–Crippen MR) is 111 cm³/mol. The highest BCUT2D eigenvalue weighted by Gasteiger charge is 2.31. The van der Waals surface area contributed by atoms with Crippen LogP contribution < -0.4 is 0 Å². The summed E-state index contributed by atoms with van der Waals surface area (Å²) < 4.78 is 51.2. The van der Waals surface area contributed by atoms with Crippen molar-refractivity contribution >= 4 is 19.9 Å². The number of rotatable bonds is 6. The molecule has 29 heavy (non-hydrogen) atoms. The fraction of sp³-hybridized carbons (Fsp3) is 0.500. The molecule has 0 spiro atoms. The minimum Gasteiger partial charge on any atom is -0.241 e. The zero-order chi connectivity index (χ0) is 21.2. The van der Waals surface area contributed by atoms with E-state index in [9.17, 15) is 16.8 Å². The molecule has 9 heteroatoms. The number of sulfone groups is 1. The van der Waals surface area contributed by atoms with Gasteiger partial charge in [-0.05, 0) is 43.2 Å². The van der Waals surface area contributed by atoms with Crippen molar-refractivity contribution in [2.45, 2.75) is 55.2 Å². The maximum Gasteiger partial charge on any atom is 0.243 e. The maximum atomic E-state index is 13.0. The molecule has 0 radical (unpaired) electrons. The van der Waals surface area contributed by atoms with Crippen LogP contribution in [0.15, 0.2) is 46.3 Å². The van der Waals surface area contributed by atoms with Gasteiger partial charge in [-0.1, -0.05) is 20.8 Å². The maximum absolute atomic E-state index is 13.0. The molecule has 0 N–H and O–H groups in total. The molecule has 3 rings (SSSR count). The molecule has 7 nitrogen and oxygen atoms in total. The van der Waals surface area contributed by atoms with Gasteiger partial charge < -0.3 is 0 Å². The zero-order valence-electron chi connectivity index (χ0n) is 16.9. The third-order valence-corrected chi connectivity index (χ3v) is 8.95. The molecule has 0 aliphatic carbocycles. The van der Waals surface area contributed by atoms with E-state index in [1.54, 1.807) is 13.1 Å². The van der Waals surface area contributed by atoms with Gasteiger partial charge in [-0.2, -0.15) is 4.31 Å². The average molecular weight is 438 g/mol. The van der Waals surface area contributed by atoms with Gasteiger partial charge in [-0.15, -0.1) is 0 Å². The number of aromatic nitrogens is 2. The summed E-state index contributed by atoms with van der Waals surface area (Å²) in [5, 5.41) is 0. The second-order valence-electron chi connectivity index (χ2n) is 7.55. The first-order valence-corrected chi connectivity index (χ1v) is 12.9. The Kier molecular flexibility index (Phi) is 6.40. The fourth-order valence-electron chi connectivity index (χ4n) is 3.42. The summed E-state index contributed by atoms with van der Waals surface area (Å²) in [6.07, 6.45) is 3.15. The molecule has 0 amide bonds. The third kappa shape index (κ3) is 4.67. The normalized spacial score (nSPS) is 17.0. The van der Waals surface area contributed by atoms with Crippen molar-refractivity contribution in [3.05, 3.63) is 48.0 Å². The Morgan fingerprint density at radius 2 is 1.59 bits per heavy atom. The van der Waals surface area contributed by atoms with Crippen LogP contribution in [-0.2, 0) is 19.9 Å².